The van der Waals surface area contributed by atoms with Gasteiger partial charge >= 0.3 is 0 Å². The molecular weight excluding hydrogens is 430 g/mol. The molecule has 0 radical (unpaired) electrons. The van der Waals surface area contributed by atoms with Crippen molar-refractivity contribution in [3.05, 3.63) is 36.0 Å². The van der Waals surface area contributed by atoms with Gasteiger partial charge in [0.15, 0.2) is 5.65 Å². The fourth-order valence-corrected chi connectivity index (χ4v) is 4.77. The van der Waals surface area contributed by atoms with Crippen LogP contribution in [0.25, 0.3) is 11.2 Å². The van der Waals surface area contributed by atoms with E-state index >= 15 is 0 Å². The molecule has 1 aliphatic heterocycles. The quantitative estimate of drug-likeness (QED) is 0.553. The summed E-state index contributed by atoms with van der Waals surface area (Å²) in [7, 11) is 0. The molecule has 4 N–H and O–H groups in total. The zero-order chi connectivity index (χ0) is 22.9. The van der Waals surface area contributed by atoms with Gasteiger partial charge in [0.25, 0.3) is 0 Å². The Morgan fingerprint density at radius 3 is 2.61 bits per heavy atom. The average Bonchev–Trinajstić information content (AvgIpc) is 3.18. The first-order valence-corrected chi connectivity index (χ1v) is 11.2. The first kappa shape index (κ1) is 21.5. The van der Waals surface area contributed by atoms with E-state index in [1.165, 1.54) is 18.3 Å². The number of rotatable bonds is 4. The van der Waals surface area contributed by atoms with Crippen LogP contribution >= 0.6 is 0 Å². The van der Waals surface area contributed by atoms with Crippen LogP contribution in [-0.2, 0) is 4.79 Å². The summed E-state index contributed by atoms with van der Waals surface area (Å²) in [6.45, 7) is 3.16. The monoisotopic (exact) mass is 456 g/mol. The number of piperazine rings is 1. The minimum absolute atomic E-state index is 0.000201. The maximum Gasteiger partial charge on any atom is 0.225 e. The lowest BCUT2D eigenvalue weighted by Gasteiger charge is -2.35. The van der Waals surface area contributed by atoms with E-state index in [0.717, 1.165) is 57.9 Å². The lowest BCUT2D eigenvalue weighted by molar-refractivity contribution is -0.137. The number of carbonyl (C=O) groups excluding carboxylic acids is 1. The van der Waals surface area contributed by atoms with Crippen LogP contribution in [0.3, 0.4) is 0 Å². The lowest BCUT2D eigenvalue weighted by Crippen LogP contribution is -2.48. The van der Waals surface area contributed by atoms with Crippen molar-refractivity contribution in [1.29, 1.82) is 0 Å². The Balaban J connectivity index is 1.40. The number of anilines is 3. The Kier molecular flexibility index (Phi) is 5.79. The molecule has 3 heterocycles. The normalized spacial score (nSPS) is 21.3. The van der Waals surface area contributed by atoms with E-state index in [-0.39, 0.29) is 29.5 Å². The Hall–Kier alpha value is -3.34. The summed E-state index contributed by atoms with van der Waals surface area (Å²) in [5, 5.41) is 6.25. The second kappa shape index (κ2) is 8.89. The third-order valence-corrected chi connectivity index (χ3v) is 6.47. The van der Waals surface area contributed by atoms with Gasteiger partial charge in [-0.1, -0.05) is 0 Å². The number of nitrogens with one attached hydrogen (secondary N) is 2. The molecule has 2 fully saturated rings. The summed E-state index contributed by atoms with van der Waals surface area (Å²) in [6.07, 6.45) is 4.52. The summed E-state index contributed by atoms with van der Waals surface area (Å²) in [5.74, 6) is -0.649. The van der Waals surface area contributed by atoms with Crippen LogP contribution in [0, 0.1) is 17.6 Å². The van der Waals surface area contributed by atoms with Gasteiger partial charge in [0.2, 0.25) is 17.8 Å². The zero-order valence-electron chi connectivity index (χ0n) is 18.1. The van der Waals surface area contributed by atoms with Crippen molar-refractivity contribution >= 4 is 34.7 Å². The number of hydrogen-bond acceptors (Lipinski definition) is 7. The van der Waals surface area contributed by atoms with Crippen molar-refractivity contribution in [2.24, 2.45) is 5.92 Å². The van der Waals surface area contributed by atoms with Gasteiger partial charge in [0.1, 0.15) is 17.2 Å². The highest BCUT2D eigenvalue weighted by Crippen LogP contribution is 2.37. The van der Waals surface area contributed by atoms with Gasteiger partial charge in [-0.15, -0.1) is 0 Å². The van der Waals surface area contributed by atoms with Crippen LogP contribution in [0.5, 0.6) is 0 Å². The third kappa shape index (κ3) is 4.32. The molecule has 0 atom stereocenters. The van der Waals surface area contributed by atoms with E-state index in [4.69, 9.17) is 5.73 Å². The summed E-state index contributed by atoms with van der Waals surface area (Å²) >= 11 is 0. The molecule has 5 rings (SSSR count). The van der Waals surface area contributed by atoms with Gasteiger partial charge in [-0.3, -0.25) is 9.36 Å². The topological polar surface area (TPSA) is 114 Å². The minimum Gasteiger partial charge on any atom is -0.368 e. The standard InChI is InChI=1S/C22H26F2N8O/c23-14-3-6-17(16(24)11-14)28-22-29-18-12-27-21(25)30-19(18)32(22)15-4-1-13(2-5-15)20(33)31-9-7-26-8-10-31/h3,6,11-13,15,26H,1-2,4-5,7-10H2,(H,28,29)(H2,25,27,30). The van der Waals surface area contributed by atoms with Crippen LogP contribution in [0.1, 0.15) is 31.7 Å². The molecule has 2 aliphatic rings. The van der Waals surface area contributed by atoms with Crippen LogP contribution in [0.4, 0.5) is 26.4 Å². The summed E-state index contributed by atoms with van der Waals surface area (Å²) in [6, 6.07) is 3.34. The third-order valence-electron chi connectivity index (χ3n) is 6.47. The number of hydrogen-bond donors (Lipinski definition) is 3. The van der Waals surface area contributed by atoms with Crippen molar-refractivity contribution in [3.8, 4) is 0 Å². The first-order chi connectivity index (χ1) is 16.0. The number of halogens is 2. The number of nitrogens with two attached hydrogens (primary N) is 1. The SMILES string of the molecule is Nc1ncc2nc(Nc3ccc(F)cc3F)n(C3CCC(C(=O)N4CCNCC4)CC3)c2n1. The van der Waals surface area contributed by atoms with Crippen molar-refractivity contribution in [2.45, 2.75) is 31.7 Å². The van der Waals surface area contributed by atoms with Gasteiger partial charge in [-0.2, -0.15) is 4.98 Å². The number of fused-ring (bicyclic) bond motifs is 1. The number of imidazole rings is 1. The Morgan fingerprint density at radius 1 is 1.12 bits per heavy atom. The largest absolute Gasteiger partial charge is 0.368 e. The average molecular weight is 457 g/mol. The van der Waals surface area contributed by atoms with Crippen molar-refractivity contribution in [1.82, 2.24) is 29.7 Å². The van der Waals surface area contributed by atoms with Gasteiger partial charge in [-0.05, 0) is 37.8 Å². The summed E-state index contributed by atoms with van der Waals surface area (Å²) < 4.78 is 29.6. The van der Waals surface area contributed by atoms with E-state index < -0.39 is 11.6 Å². The van der Waals surface area contributed by atoms with Gasteiger partial charge < -0.3 is 21.3 Å². The zero-order valence-corrected chi connectivity index (χ0v) is 18.1. The molecule has 1 amide bonds. The van der Waals surface area contributed by atoms with E-state index in [9.17, 15) is 13.6 Å². The fourth-order valence-electron chi connectivity index (χ4n) is 4.77. The molecule has 0 bridgehead atoms. The number of amides is 1. The van der Waals surface area contributed by atoms with E-state index in [1.54, 1.807) is 0 Å². The summed E-state index contributed by atoms with van der Waals surface area (Å²) in [5.41, 5.74) is 7.00. The lowest BCUT2D eigenvalue weighted by atomic mass is 9.85. The molecule has 1 aromatic carbocycles. The molecular formula is C22H26F2N8O. The van der Waals surface area contributed by atoms with Crippen molar-refractivity contribution < 1.29 is 13.6 Å². The van der Waals surface area contributed by atoms with Gasteiger partial charge in [0, 0.05) is 44.2 Å². The first-order valence-electron chi connectivity index (χ1n) is 11.2. The molecule has 33 heavy (non-hydrogen) atoms. The van der Waals surface area contributed by atoms with Crippen LogP contribution in [-0.4, -0.2) is 56.5 Å². The minimum atomic E-state index is -0.718. The second-order valence-electron chi connectivity index (χ2n) is 8.57. The van der Waals surface area contributed by atoms with Gasteiger partial charge in [0.05, 0.1) is 11.9 Å². The molecule has 9 nitrogen and oxygen atoms in total. The van der Waals surface area contributed by atoms with E-state index in [1.807, 2.05) is 9.47 Å². The number of benzene rings is 1. The molecule has 1 aliphatic carbocycles. The predicted octanol–water partition coefficient (Wildman–Crippen LogP) is 2.59. The van der Waals surface area contributed by atoms with Gasteiger partial charge in [-0.25, -0.2) is 18.7 Å². The van der Waals surface area contributed by atoms with Crippen LogP contribution in [0.15, 0.2) is 24.4 Å². The van der Waals surface area contributed by atoms with Crippen LogP contribution in [0.2, 0.25) is 0 Å². The molecule has 0 unspecified atom stereocenters. The molecule has 3 aromatic rings. The highest BCUT2D eigenvalue weighted by atomic mass is 19.1. The van der Waals surface area contributed by atoms with Crippen molar-refractivity contribution in [3.63, 3.8) is 0 Å². The number of aromatic nitrogens is 4. The fraction of sp³-hybridized carbons (Fsp3) is 0.455. The smallest absolute Gasteiger partial charge is 0.225 e. The Morgan fingerprint density at radius 2 is 1.88 bits per heavy atom. The highest BCUT2D eigenvalue weighted by Gasteiger charge is 2.32. The maximum absolute atomic E-state index is 14.3. The molecule has 2 aromatic heterocycles. The van der Waals surface area contributed by atoms with E-state index in [0.29, 0.717) is 17.1 Å². The maximum atomic E-state index is 14.3. The molecule has 0 spiro atoms. The van der Waals surface area contributed by atoms with Crippen molar-refractivity contribution in [2.75, 3.05) is 37.2 Å². The number of nitrogen functional groups attached to an aromatic ring is 1. The Bertz CT molecular complexity index is 1170. The molecule has 1 saturated carbocycles. The molecule has 1 saturated heterocycles. The molecule has 11 heteroatoms. The number of nitrogens with zero attached hydrogens (tertiary/aromatic N) is 5. The predicted molar refractivity (Wildman–Crippen MR) is 120 cm³/mol. The second-order valence-corrected chi connectivity index (χ2v) is 8.57. The summed E-state index contributed by atoms with van der Waals surface area (Å²) in [4.78, 5) is 27.8. The molecule has 174 valence electrons. The van der Waals surface area contributed by atoms with Crippen LogP contribution < -0.4 is 16.4 Å². The van der Waals surface area contributed by atoms with E-state index in [2.05, 4.69) is 25.6 Å². The number of carbonyl (C=O) groups is 1. The Labute approximate surface area is 189 Å². The highest BCUT2D eigenvalue weighted by molar-refractivity contribution is 5.79.